The lowest BCUT2D eigenvalue weighted by Gasteiger charge is -2.02. The maximum atomic E-state index is 12.6. The molecule has 0 saturated heterocycles. The molecule has 134 valence electrons. The van der Waals surface area contributed by atoms with Gasteiger partial charge < -0.3 is 9.72 Å². The summed E-state index contributed by atoms with van der Waals surface area (Å²) in [4.78, 5) is 30.9. The number of para-hydroxylation sites is 1. The van der Waals surface area contributed by atoms with Crippen LogP contribution < -0.4 is 4.98 Å². The molecule has 0 unspecified atom stereocenters. The van der Waals surface area contributed by atoms with Crippen LogP contribution in [0.2, 0.25) is 0 Å². The second-order valence-electron chi connectivity index (χ2n) is 6.19. The molecule has 2 aromatic heterocycles. The highest BCUT2D eigenvalue weighted by Gasteiger charge is 2.23. The number of thioether (sulfide) groups is 1. The number of aryl methyl sites for hydroxylation is 2. The van der Waals surface area contributed by atoms with Gasteiger partial charge in [0.25, 0.3) is 0 Å². The van der Waals surface area contributed by atoms with E-state index in [1.54, 1.807) is 13.8 Å². The number of fused-ring (bicyclic) bond motifs is 1. The van der Waals surface area contributed by atoms with Gasteiger partial charge in [0.2, 0.25) is 10.5 Å². The molecule has 0 bridgehead atoms. The first kappa shape index (κ1) is 18.2. The van der Waals surface area contributed by atoms with Crippen LogP contribution in [0.5, 0.6) is 0 Å². The molecule has 1 aromatic carbocycles. The molecular formula is C20H21N2O3S+. The molecule has 0 radical (unpaired) electrons. The molecule has 2 heterocycles. The van der Waals surface area contributed by atoms with Crippen LogP contribution in [-0.4, -0.2) is 29.6 Å². The van der Waals surface area contributed by atoms with Crippen molar-refractivity contribution in [1.82, 2.24) is 4.98 Å². The molecule has 2 N–H and O–H groups in total. The van der Waals surface area contributed by atoms with Crippen molar-refractivity contribution in [2.24, 2.45) is 0 Å². The van der Waals surface area contributed by atoms with Gasteiger partial charge in [0.05, 0.1) is 24.1 Å². The molecule has 0 saturated carbocycles. The fraction of sp³-hybridized carbons (Fsp3) is 0.250. The number of nitrogens with one attached hydrogen (secondary N) is 2. The Labute approximate surface area is 156 Å². The highest BCUT2D eigenvalue weighted by molar-refractivity contribution is 7.99. The molecule has 0 spiro atoms. The molecule has 5 nitrogen and oxygen atoms in total. The van der Waals surface area contributed by atoms with Gasteiger partial charge in [0.15, 0.2) is 5.78 Å². The second kappa shape index (κ2) is 7.33. The van der Waals surface area contributed by atoms with Crippen LogP contribution in [0.25, 0.3) is 10.9 Å². The molecule has 3 aromatic rings. The fourth-order valence-corrected chi connectivity index (χ4v) is 3.98. The number of Topliss-reactive ketones (excluding diaryl/α,β-unsaturated/α-hetero) is 1. The number of aromatic nitrogens is 2. The van der Waals surface area contributed by atoms with E-state index in [9.17, 15) is 9.59 Å². The summed E-state index contributed by atoms with van der Waals surface area (Å²) in [6, 6.07) is 10.1. The quantitative estimate of drug-likeness (QED) is 0.423. The first-order valence-electron chi connectivity index (χ1n) is 8.27. The Kier molecular flexibility index (Phi) is 5.13. The second-order valence-corrected chi connectivity index (χ2v) is 7.21. The highest BCUT2D eigenvalue weighted by Crippen LogP contribution is 2.23. The Morgan fingerprint density at radius 3 is 2.65 bits per heavy atom. The predicted octanol–water partition coefficient (Wildman–Crippen LogP) is 3.67. The summed E-state index contributed by atoms with van der Waals surface area (Å²) >= 11 is 1.45. The zero-order valence-electron chi connectivity index (χ0n) is 15.2. The van der Waals surface area contributed by atoms with Gasteiger partial charge in [0, 0.05) is 23.2 Å². The van der Waals surface area contributed by atoms with E-state index >= 15 is 0 Å². The van der Waals surface area contributed by atoms with E-state index in [0.717, 1.165) is 16.1 Å². The average Bonchev–Trinajstić information content (AvgIpc) is 2.93. The normalized spacial score (nSPS) is 10.9. The minimum Gasteiger partial charge on any atom is -0.465 e. The standard InChI is InChI=1S/C20H20N2O3S/c1-11-9-17(22-15-8-6-5-7-14(11)15)26-10-16(23)19-12(2)18(13(3)21-19)20(24)25-4/h5-9,21H,10H2,1-4H3/p+1. The minimum absolute atomic E-state index is 0.0510. The zero-order valence-corrected chi connectivity index (χ0v) is 16.0. The number of hydrogen-bond donors (Lipinski definition) is 1. The number of esters is 1. The molecule has 0 atom stereocenters. The van der Waals surface area contributed by atoms with Gasteiger partial charge in [-0.15, -0.1) is 0 Å². The van der Waals surface area contributed by atoms with Gasteiger partial charge >= 0.3 is 5.97 Å². The minimum atomic E-state index is -0.429. The monoisotopic (exact) mass is 369 g/mol. The molecule has 0 aliphatic heterocycles. The van der Waals surface area contributed by atoms with Crippen molar-refractivity contribution in [3.8, 4) is 0 Å². The van der Waals surface area contributed by atoms with Crippen molar-refractivity contribution in [1.29, 1.82) is 0 Å². The van der Waals surface area contributed by atoms with Crippen LogP contribution in [0, 0.1) is 20.8 Å². The Hall–Kier alpha value is -2.60. The van der Waals surface area contributed by atoms with Crippen LogP contribution in [0.15, 0.2) is 35.4 Å². The molecule has 0 fully saturated rings. The lowest BCUT2D eigenvalue weighted by Crippen LogP contribution is -2.12. The van der Waals surface area contributed by atoms with Gasteiger partial charge in [-0.05, 0) is 49.7 Å². The summed E-state index contributed by atoms with van der Waals surface area (Å²) in [5.41, 5.74) is 4.40. The van der Waals surface area contributed by atoms with Crippen molar-refractivity contribution in [3.05, 3.63) is 58.4 Å². The largest absolute Gasteiger partial charge is 0.465 e. The van der Waals surface area contributed by atoms with Crippen molar-refractivity contribution >= 4 is 34.4 Å². The Morgan fingerprint density at radius 1 is 1.19 bits per heavy atom. The van der Waals surface area contributed by atoms with Crippen molar-refractivity contribution in [2.75, 3.05) is 12.9 Å². The molecule has 26 heavy (non-hydrogen) atoms. The first-order chi connectivity index (χ1) is 12.4. The topological polar surface area (TPSA) is 73.3 Å². The molecule has 0 aliphatic carbocycles. The smallest absolute Gasteiger partial charge is 0.339 e. The summed E-state index contributed by atoms with van der Waals surface area (Å²) in [7, 11) is 1.34. The van der Waals surface area contributed by atoms with Crippen molar-refractivity contribution < 1.29 is 19.3 Å². The number of hydrogen-bond acceptors (Lipinski definition) is 4. The lowest BCUT2D eigenvalue weighted by molar-refractivity contribution is -0.395. The number of H-pyrrole nitrogens is 2. The summed E-state index contributed by atoms with van der Waals surface area (Å²) in [6.45, 7) is 5.59. The number of methoxy groups -OCH3 is 1. The van der Waals surface area contributed by atoms with Gasteiger partial charge in [-0.25, -0.2) is 4.79 Å². The molecule has 3 rings (SSSR count). The van der Waals surface area contributed by atoms with E-state index in [1.165, 1.54) is 24.3 Å². The van der Waals surface area contributed by atoms with E-state index in [-0.39, 0.29) is 11.5 Å². The van der Waals surface area contributed by atoms with E-state index in [2.05, 4.69) is 23.0 Å². The van der Waals surface area contributed by atoms with Crippen molar-refractivity contribution in [3.63, 3.8) is 0 Å². The SMILES string of the molecule is COC(=O)c1c(C)[nH]c(C(=O)CSc2cc(C)c3ccccc3[nH+]2)c1C. The number of aromatic amines is 2. The van der Waals surface area contributed by atoms with E-state index < -0.39 is 5.97 Å². The molecule has 0 aliphatic rings. The summed E-state index contributed by atoms with van der Waals surface area (Å²) in [6.07, 6.45) is 0. The van der Waals surface area contributed by atoms with Crippen LogP contribution in [0.3, 0.4) is 0 Å². The third kappa shape index (κ3) is 3.37. The van der Waals surface area contributed by atoms with Gasteiger partial charge in [0.1, 0.15) is 0 Å². The fourth-order valence-electron chi connectivity index (χ4n) is 3.11. The van der Waals surface area contributed by atoms with Crippen LogP contribution in [0.4, 0.5) is 0 Å². The zero-order chi connectivity index (χ0) is 18.8. The molecule has 6 heteroatoms. The Balaban J connectivity index is 1.81. The third-order valence-electron chi connectivity index (χ3n) is 4.42. The number of benzene rings is 1. The Morgan fingerprint density at radius 2 is 1.92 bits per heavy atom. The number of carbonyl (C=O) groups excluding carboxylic acids is 2. The number of carbonyl (C=O) groups is 2. The van der Waals surface area contributed by atoms with Gasteiger partial charge in [-0.3, -0.25) is 4.79 Å². The summed E-state index contributed by atoms with van der Waals surface area (Å²) in [5, 5.41) is 2.10. The predicted molar refractivity (Wildman–Crippen MR) is 102 cm³/mol. The van der Waals surface area contributed by atoms with E-state index in [0.29, 0.717) is 22.5 Å². The maximum absolute atomic E-state index is 12.6. The van der Waals surface area contributed by atoms with Crippen LogP contribution >= 0.6 is 11.8 Å². The van der Waals surface area contributed by atoms with Gasteiger partial charge in [-0.1, -0.05) is 12.1 Å². The highest BCUT2D eigenvalue weighted by atomic mass is 32.2. The van der Waals surface area contributed by atoms with Crippen molar-refractivity contribution in [2.45, 2.75) is 25.8 Å². The summed E-state index contributed by atoms with van der Waals surface area (Å²) < 4.78 is 4.79. The summed E-state index contributed by atoms with van der Waals surface area (Å²) in [5.74, 6) is -0.207. The average molecular weight is 369 g/mol. The third-order valence-corrected chi connectivity index (χ3v) is 5.36. The number of pyridine rings is 1. The number of ether oxygens (including phenoxy) is 1. The number of ketones is 1. The van der Waals surface area contributed by atoms with E-state index in [4.69, 9.17) is 4.74 Å². The number of rotatable bonds is 5. The lowest BCUT2D eigenvalue weighted by atomic mass is 10.1. The molecular weight excluding hydrogens is 348 g/mol. The maximum Gasteiger partial charge on any atom is 0.339 e. The van der Waals surface area contributed by atoms with E-state index in [1.807, 2.05) is 24.3 Å². The Bertz CT molecular complexity index is 1010. The van der Waals surface area contributed by atoms with Gasteiger partial charge in [-0.2, -0.15) is 4.98 Å². The van der Waals surface area contributed by atoms with Crippen LogP contribution in [-0.2, 0) is 4.74 Å². The first-order valence-corrected chi connectivity index (χ1v) is 9.26. The molecule has 0 amide bonds. The van der Waals surface area contributed by atoms with Crippen LogP contribution in [0.1, 0.15) is 37.7 Å².